The minimum absolute atomic E-state index is 0.119. The number of nitrogens with zero attached hydrogens (tertiary/aromatic N) is 2. The Morgan fingerprint density at radius 3 is 2.47 bits per heavy atom. The summed E-state index contributed by atoms with van der Waals surface area (Å²) in [6.45, 7) is 15.9. The summed E-state index contributed by atoms with van der Waals surface area (Å²) in [6.07, 6.45) is -0.443. The lowest BCUT2D eigenvalue weighted by molar-refractivity contribution is 0.149. The maximum atomic E-state index is 12.2. The summed E-state index contributed by atoms with van der Waals surface area (Å²) < 4.78 is 26.1. The van der Waals surface area contributed by atoms with E-state index in [4.69, 9.17) is 33.3 Å². The van der Waals surface area contributed by atoms with Crippen molar-refractivity contribution in [3.8, 4) is 0 Å². The number of anilines is 2. The van der Waals surface area contributed by atoms with Crippen molar-refractivity contribution in [2.24, 2.45) is 15.6 Å². The number of hydrogen-bond donors (Lipinski definition) is 3. The molecular formula is C25H39N4O3PS3. The van der Waals surface area contributed by atoms with Crippen LogP contribution in [0.5, 0.6) is 0 Å². The second-order valence-electron chi connectivity index (χ2n) is 11.7. The molecule has 2 heterocycles. The molecule has 2 aliphatic rings. The average Bonchev–Trinajstić information content (AvgIpc) is 2.95. The van der Waals surface area contributed by atoms with Crippen LogP contribution in [0.15, 0.2) is 34.3 Å². The molecule has 1 aromatic carbocycles. The van der Waals surface area contributed by atoms with Gasteiger partial charge in [-0.15, -0.1) is 0 Å². The highest BCUT2D eigenvalue weighted by atomic mass is 32.4. The molecule has 0 spiro atoms. The van der Waals surface area contributed by atoms with Crippen molar-refractivity contribution < 1.29 is 13.8 Å². The van der Waals surface area contributed by atoms with Crippen LogP contribution >= 0.6 is 18.6 Å². The van der Waals surface area contributed by atoms with Crippen LogP contribution < -0.4 is 15.3 Å². The van der Waals surface area contributed by atoms with E-state index in [1.165, 1.54) is 6.26 Å². The molecule has 2 aliphatic heterocycles. The van der Waals surface area contributed by atoms with E-state index in [1.807, 2.05) is 25.1 Å². The van der Waals surface area contributed by atoms with E-state index in [1.54, 1.807) is 0 Å². The summed E-state index contributed by atoms with van der Waals surface area (Å²) >= 11 is 12.0. The molecule has 3 atom stereocenters. The molecule has 0 aromatic heterocycles. The Bertz CT molecular complexity index is 1270. The van der Waals surface area contributed by atoms with Crippen LogP contribution in [0.3, 0.4) is 0 Å². The SMILES string of the molecule is C=S(C)(=O)Nc1ccc2c(c1)P(=S)(OCC)N=C(C1=C(O)C(C(C)(C)C)N(CCC(C)(C)C)C1=S)N2. The first kappa shape index (κ1) is 29.1. The number of nitrogens with one attached hydrogen (secondary N) is 2. The molecule has 11 heteroatoms. The predicted molar refractivity (Wildman–Crippen MR) is 164 cm³/mol. The van der Waals surface area contributed by atoms with Gasteiger partial charge in [-0.2, -0.15) is 0 Å². The van der Waals surface area contributed by atoms with Crippen molar-refractivity contribution in [2.75, 3.05) is 29.4 Å². The van der Waals surface area contributed by atoms with Gasteiger partial charge in [-0.05, 0) is 60.1 Å². The molecule has 0 aliphatic carbocycles. The van der Waals surface area contributed by atoms with Crippen molar-refractivity contribution in [1.82, 2.24) is 4.90 Å². The van der Waals surface area contributed by atoms with Crippen LogP contribution in [0.1, 0.15) is 54.9 Å². The van der Waals surface area contributed by atoms with Gasteiger partial charge >= 0.3 is 0 Å². The second kappa shape index (κ2) is 10.0. The lowest BCUT2D eigenvalue weighted by Gasteiger charge is -2.37. The number of aliphatic hydroxyl groups is 1. The topological polar surface area (TPSA) is 86.2 Å². The number of thiocarbonyl (C=S) groups is 1. The normalized spacial score (nSPS) is 24.2. The van der Waals surface area contributed by atoms with E-state index in [9.17, 15) is 9.32 Å². The van der Waals surface area contributed by atoms with Gasteiger partial charge in [0.15, 0.2) is 0 Å². The van der Waals surface area contributed by atoms with Crippen LogP contribution in [0.25, 0.3) is 0 Å². The fourth-order valence-corrected chi connectivity index (χ4v) is 8.19. The standard InChI is InChI=1S/C25H39N4O3PS3/c1-10-32-33(35)18-15-16(28-36(8,9)31)11-12-17(18)26-22(27-33)19-20(30)21(25(5,6)7)29(23(19)34)14-13-24(2,3)4/h11-12,15,21,30H,8,10,13-14H2,1-7,9H3,(H,28,31)(H,26,27,35). The molecule has 1 aromatic rings. The molecule has 0 fully saturated rings. The molecule has 0 saturated heterocycles. The summed E-state index contributed by atoms with van der Waals surface area (Å²) in [4.78, 5) is 2.68. The zero-order valence-electron chi connectivity index (χ0n) is 22.5. The fraction of sp³-hybridized carbons (Fsp3) is 0.560. The quantitative estimate of drug-likeness (QED) is 0.296. The van der Waals surface area contributed by atoms with Crippen LogP contribution in [0.4, 0.5) is 11.4 Å². The van der Waals surface area contributed by atoms with Gasteiger partial charge in [0.05, 0.1) is 29.2 Å². The van der Waals surface area contributed by atoms with E-state index >= 15 is 0 Å². The Morgan fingerprint density at radius 2 is 1.94 bits per heavy atom. The van der Waals surface area contributed by atoms with E-state index < -0.39 is 16.1 Å². The molecule has 0 saturated carbocycles. The van der Waals surface area contributed by atoms with Gasteiger partial charge in [0.1, 0.15) is 16.6 Å². The maximum Gasteiger partial charge on any atom is 0.208 e. The Hall–Kier alpha value is -1.45. The lowest BCUT2D eigenvalue weighted by Crippen LogP contribution is -2.44. The summed E-state index contributed by atoms with van der Waals surface area (Å²) in [7, 11) is -2.47. The van der Waals surface area contributed by atoms with Gasteiger partial charge in [-0.1, -0.05) is 53.8 Å². The molecule has 200 valence electrons. The fourth-order valence-electron chi connectivity index (χ4n) is 4.35. The van der Waals surface area contributed by atoms with E-state index in [0.717, 1.165) is 24.0 Å². The lowest BCUT2D eigenvalue weighted by atomic mass is 9.84. The highest BCUT2D eigenvalue weighted by Gasteiger charge is 2.46. The van der Waals surface area contributed by atoms with Gasteiger partial charge < -0.3 is 24.6 Å². The first-order chi connectivity index (χ1) is 16.4. The molecule has 0 bridgehead atoms. The van der Waals surface area contributed by atoms with Crippen LogP contribution in [0.2, 0.25) is 0 Å². The largest absolute Gasteiger partial charge is 0.509 e. The number of hydrogen-bond acceptors (Lipinski definition) is 6. The van der Waals surface area contributed by atoms with E-state index in [-0.39, 0.29) is 22.6 Å². The minimum Gasteiger partial charge on any atom is -0.509 e. The molecule has 3 N–H and O–H groups in total. The molecule has 3 unspecified atom stereocenters. The highest BCUT2D eigenvalue weighted by molar-refractivity contribution is 8.15. The Labute approximate surface area is 227 Å². The number of rotatable bonds is 7. The predicted octanol–water partition coefficient (Wildman–Crippen LogP) is 5.46. The molecule has 7 nitrogen and oxygen atoms in total. The third-order valence-corrected chi connectivity index (χ3v) is 10.2. The smallest absolute Gasteiger partial charge is 0.208 e. The van der Waals surface area contributed by atoms with Crippen molar-refractivity contribution >= 4 is 73.5 Å². The zero-order chi connectivity index (χ0) is 27.3. The summed E-state index contributed by atoms with van der Waals surface area (Å²) in [5.74, 6) is 4.31. The molecule has 0 radical (unpaired) electrons. The summed E-state index contributed by atoms with van der Waals surface area (Å²) in [5, 5.41) is 15.6. The van der Waals surface area contributed by atoms with Gasteiger partial charge in [0, 0.05) is 28.2 Å². The third kappa shape index (κ3) is 6.33. The van der Waals surface area contributed by atoms with Crippen LogP contribution in [0, 0.1) is 10.8 Å². The molecule has 0 amide bonds. The number of amidine groups is 1. The monoisotopic (exact) mass is 570 g/mol. The maximum absolute atomic E-state index is 12.2. The molecular weight excluding hydrogens is 531 g/mol. The van der Waals surface area contributed by atoms with Gasteiger partial charge in [-0.25, -0.2) is 8.97 Å². The Kier molecular flexibility index (Phi) is 8.11. The van der Waals surface area contributed by atoms with Crippen molar-refractivity contribution in [3.63, 3.8) is 0 Å². The first-order valence-electron chi connectivity index (χ1n) is 12.0. The highest BCUT2D eigenvalue weighted by Crippen LogP contribution is 2.53. The summed E-state index contributed by atoms with van der Waals surface area (Å²) in [6, 6.07) is 5.21. The number of fused-ring (bicyclic) bond motifs is 1. The zero-order valence-corrected chi connectivity index (χ0v) is 25.8. The van der Waals surface area contributed by atoms with Gasteiger partial charge in [0.2, 0.25) is 6.42 Å². The molecule has 3 rings (SSSR count). The number of aliphatic hydroxyl groups excluding tert-OH is 1. The van der Waals surface area contributed by atoms with Gasteiger partial charge in [0.25, 0.3) is 0 Å². The van der Waals surface area contributed by atoms with E-state index in [2.05, 4.69) is 62.4 Å². The number of benzene rings is 1. The molecule has 36 heavy (non-hydrogen) atoms. The minimum atomic E-state index is -2.90. The summed E-state index contributed by atoms with van der Waals surface area (Å²) in [5.41, 5.74) is 1.73. The van der Waals surface area contributed by atoms with Crippen molar-refractivity contribution in [3.05, 3.63) is 29.5 Å². The average molecular weight is 571 g/mol. The third-order valence-electron chi connectivity index (χ3n) is 5.89. The van der Waals surface area contributed by atoms with Crippen LogP contribution in [-0.2, 0) is 26.0 Å². The van der Waals surface area contributed by atoms with Crippen molar-refractivity contribution in [2.45, 2.75) is 60.9 Å². The van der Waals surface area contributed by atoms with Gasteiger partial charge in [-0.3, -0.25) is 0 Å². The Balaban J connectivity index is 2.10. The van der Waals surface area contributed by atoms with Crippen molar-refractivity contribution in [1.29, 1.82) is 0 Å². The Morgan fingerprint density at radius 1 is 1.31 bits per heavy atom. The first-order valence-corrected chi connectivity index (χ1v) is 17.2. The van der Waals surface area contributed by atoms with E-state index in [0.29, 0.717) is 28.7 Å². The second-order valence-corrected chi connectivity index (χ2v) is 17.8. The van der Waals surface area contributed by atoms with Crippen LogP contribution in [-0.4, -0.2) is 56.4 Å².